The Hall–Kier alpha value is -5.92. The van der Waals surface area contributed by atoms with Gasteiger partial charge < -0.3 is 4.42 Å². The van der Waals surface area contributed by atoms with Crippen molar-refractivity contribution in [3.63, 3.8) is 0 Å². The third-order valence-electron chi connectivity index (χ3n) is 8.31. The summed E-state index contributed by atoms with van der Waals surface area (Å²) in [6.45, 7) is 0. The molecule has 1 aromatic heterocycles. The number of hydrogen-bond acceptors (Lipinski definition) is 1. The van der Waals surface area contributed by atoms with Crippen LogP contribution in [-0.4, -0.2) is 0 Å². The number of fused-ring (bicyclic) bond motifs is 5. The van der Waals surface area contributed by atoms with Crippen molar-refractivity contribution in [1.82, 2.24) is 0 Å². The largest absolute Gasteiger partial charge is 0.455 e. The Bertz CT molecular complexity index is 3070. The Morgan fingerprint density at radius 3 is 1.73 bits per heavy atom. The van der Waals surface area contributed by atoms with Crippen LogP contribution < -0.4 is 0 Å². The van der Waals surface area contributed by atoms with E-state index in [1.54, 1.807) is 0 Å². The Kier molecular flexibility index (Phi) is 3.87. The summed E-state index contributed by atoms with van der Waals surface area (Å²) < 4.78 is 103. The van der Waals surface area contributed by atoms with Crippen molar-refractivity contribution < 1.29 is 19.5 Å². The SMILES string of the molecule is [2H]c1c([2H])c([2H])c(-c2c([2H])c([2H])c([2H])c3oc4c(-c5c6ccccc6c(-c6cccc(-c7ccccc7)c6)c6ccccc56)c([2H])c([2H])c([2H])c4c23)c([2H])c1[2H]. The summed E-state index contributed by atoms with van der Waals surface area (Å²) >= 11 is 0. The highest BCUT2D eigenvalue weighted by atomic mass is 16.3. The molecule has 210 valence electrons. The maximum atomic E-state index is 9.41. The third kappa shape index (κ3) is 4.09. The molecule has 1 heteroatoms. The van der Waals surface area contributed by atoms with E-state index in [0.717, 1.165) is 43.8 Å². The third-order valence-corrected chi connectivity index (χ3v) is 8.31. The minimum Gasteiger partial charge on any atom is -0.455 e. The Morgan fingerprint density at radius 2 is 1.00 bits per heavy atom. The zero-order chi connectivity index (χ0) is 39.3. The molecule has 1 nitrogen and oxygen atoms in total. The first-order valence-electron chi connectivity index (χ1n) is 20.0. The van der Waals surface area contributed by atoms with Gasteiger partial charge >= 0.3 is 0 Å². The average molecular weight is 584 g/mol. The molecule has 0 aliphatic rings. The monoisotopic (exact) mass is 583 g/mol. The standard InChI is InChI=1S/C44H28O/c1-3-14-29(15-4-1)31-18-11-19-32(28-31)41-34-20-7-9-22-36(34)42(37-23-10-8-21-35(37)41)38-25-12-26-39-43-33(30-16-5-2-6-17-30)24-13-27-40(43)45-44(38)39/h1-28H/i2D,5D,6D,12D,13D,16D,17D,24D,25D,26D,27D. The lowest BCUT2D eigenvalue weighted by atomic mass is 9.85. The molecule has 0 saturated carbocycles. The molecular weight excluding hydrogens is 544 g/mol. The molecule has 0 N–H and O–H groups in total. The van der Waals surface area contributed by atoms with E-state index in [2.05, 4.69) is 30.3 Å². The van der Waals surface area contributed by atoms with Gasteiger partial charge in [0.25, 0.3) is 0 Å². The summed E-state index contributed by atoms with van der Waals surface area (Å²) in [5.41, 5.74) is 3.72. The molecule has 0 unspecified atom stereocenters. The van der Waals surface area contributed by atoms with E-state index in [-0.39, 0.29) is 44.7 Å². The molecule has 45 heavy (non-hydrogen) atoms. The maximum absolute atomic E-state index is 9.41. The molecule has 8 aromatic carbocycles. The van der Waals surface area contributed by atoms with Crippen LogP contribution in [0.1, 0.15) is 15.1 Å². The van der Waals surface area contributed by atoms with Crippen LogP contribution in [0.5, 0.6) is 0 Å². The van der Waals surface area contributed by atoms with Gasteiger partial charge in [0.2, 0.25) is 0 Å². The van der Waals surface area contributed by atoms with Crippen molar-refractivity contribution in [3.05, 3.63) is 170 Å². The van der Waals surface area contributed by atoms with Crippen molar-refractivity contribution in [2.75, 3.05) is 0 Å². The zero-order valence-electron chi connectivity index (χ0n) is 34.7. The second-order valence-electron chi connectivity index (χ2n) is 10.8. The van der Waals surface area contributed by atoms with Crippen molar-refractivity contribution in [2.24, 2.45) is 0 Å². The highest BCUT2D eigenvalue weighted by Gasteiger charge is 2.21. The van der Waals surface area contributed by atoms with Gasteiger partial charge in [0, 0.05) is 21.9 Å². The van der Waals surface area contributed by atoms with Gasteiger partial charge in [0.1, 0.15) is 11.2 Å². The molecule has 0 radical (unpaired) electrons. The summed E-state index contributed by atoms with van der Waals surface area (Å²) in [6, 6.07) is 27.6. The second-order valence-corrected chi connectivity index (χ2v) is 10.8. The first-order chi connectivity index (χ1) is 26.9. The summed E-state index contributed by atoms with van der Waals surface area (Å²) in [4.78, 5) is 0. The Labute approximate surface area is 277 Å². The van der Waals surface area contributed by atoms with Gasteiger partial charge in [-0.1, -0.05) is 157 Å². The zero-order valence-corrected chi connectivity index (χ0v) is 23.7. The molecule has 9 rings (SSSR count). The maximum Gasteiger partial charge on any atom is 0.143 e. The van der Waals surface area contributed by atoms with E-state index in [1.807, 2.05) is 72.8 Å². The minimum atomic E-state index is -0.656. The van der Waals surface area contributed by atoms with E-state index in [4.69, 9.17) is 16.8 Å². The fraction of sp³-hybridized carbons (Fsp3) is 0. The van der Waals surface area contributed by atoms with Gasteiger partial charge in [-0.3, -0.25) is 0 Å². The summed E-state index contributed by atoms with van der Waals surface area (Å²) in [7, 11) is 0. The minimum absolute atomic E-state index is 0.0488. The number of para-hydroxylation sites is 1. The van der Waals surface area contributed by atoms with E-state index in [9.17, 15) is 2.74 Å². The van der Waals surface area contributed by atoms with Crippen molar-refractivity contribution in [3.8, 4) is 44.5 Å². The molecule has 1 heterocycles. The number of hydrogen-bond donors (Lipinski definition) is 0. The summed E-state index contributed by atoms with van der Waals surface area (Å²) in [6.07, 6.45) is 0. The van der Waals surface area contributed by atoms with E-state index >= 15 is 0 Å². The predicted molar refractivity (Wildman–Crippen MR) is 190 cm³/mol. The number of rotatable bonds is 4. The quantitative estimate of drug-likeness (QED) is 0.188. The smallest absolute Gasteiger partial charge is 0.143 e. The van der Waals surface area contributed by atoms with Gasteiger partial charge in [-0.05, 0) is 67.0 Å². The first-order valence-corrected chi connectivity index (χ1v) is 14.5. The molecule has 0 atom stereocenters. The highest BCUT2D eigenvalue weighted by Crippen LogP contribution is 2.47. The fourth-order valence-electron chi connectivity index (χ4n) is 6.41. The van der Waals surface area contributed by atoms with Crippen LogP contribution >= 0.6 is 0 Å². The molecule has 0 aliphatic carbocycles. The molecular formula is C44H28O. The fourth-order valence-corrected chi connectivity index (χ4v) is 6.41. The molecule has 0 spiro atoms. The van der Waals surface area contributed by atoms with Gasteiger partial charge in [0.15, 0.2) is 0 Å². The van der Waals surface area contributed by atoms with Crippen LogP contribution in [0, 0.1) is 0 Å². The summed E-state index contributed by atoms with van der Waals surface area (Å²) in [5, 5.41) is 2.97. The van der Waals surface area contributed by atoms with E-state index in [0.29, 0.717) is 5.56 Å². The lowest BCUT2D eigenvalue weighted by Gasteiger charge is -2.18. The van der Waals surface area contributed by atoms with Crippen LogP contribution in [-0.2, 0) is 0 Å². The van der Waals surface area contributed by atoms with Crippen molar-refractivity contribution in [1.29, 1.82) is 0 Å². The van der Waals surface area contributed by atoms with Gasteiger partial charge in [-0.15, -0.1) is 0 Å². The average Bonchev–Trinajstić information content (AvgIpc) is 3.62. The van der Waals surface area contributed by atoms with Gasteiger partial charge in [-0.25, -0.2) is 0 Å². The van der Waals surface area contributed by atoms with Crippen molar-refractivity contribution >= 4 is 43.5 Å². The van der Waals surface area contributed by atoms with Crippen LogP contribution in [0.4, 0.5) is 0 Å². The Morgan fingerprint density at radius 1 is 0.400 bits per heavy atom. The molecule has 9 aromatic rings. The highest BCUT2D eigenvalue weighted by molar-refractivity contribution is 6.25. The van der Waals surface area contributed by atoms with Crippen LogP contribution in [0.2, 0.25) is 0 Å². The lowest BCUT2D eigenvalue weighted by molar-refractivity contribution is 0.670. The van der Waals surface area contributed by atoms with Crippen LogP contribution in [0.3, 0.4) is 0 Å². The molecule has 0 bridgehead atoms. The van der Waals surface area contributed by atoms with Crippen LogP contribution in [0.25, 0.3) is 88.0 Å². The topological polar surface area (TPSA) is 13.1 Å². The number of furan rings is 1. The predicted octanol–water partition coefficient (Wildman–Crippen LogP) is 12.6. The van der Waals surface area contributed by atoms with Crippen molar-refractivity contribution in [2.45, 2.75) is 0 Å². The second kappa shape index (κ2) is 10.4. The Balaban J connectivity index is 1.45. The van der Waals surface area contributed by atoms with Crippen LogP contribution in [0.15, 0.2) is 174 Å². The van der Waals surface area contributed by atoms with Gasteiger partial charge in [-0.2, -0.15) is 0 Å². The van der Waals surface area contributed by atoms with E-state index < -0.39 is 60.4 Å². The van der Waals surface area contributed by atoms with E-state index in [1.165, 1.54) is 0 Å². The van der Waals surface area contributed by atoms with Gasteiger partial charge in [0.05, 0.1) is 15.1 Å². The summed E-state index contributed by atoms with van der Waals surface area (Å²) in [5.74, 6) is 0. The normalized spacial score (nSPS) is 15.0. The lowest BCUT2D eigenvalue weighted by Crippen LogP contribution is -1.91. The molecule has 0 aliphatic heterocycles. The number of benzene rings is 8. The first kappa shape index (κ1) is 16.8. The molecule has 0 saturated heterocycles. The molecule has 0 amide bonds. The molecule has 0 fully saturated rings.